The number of para-hydroxylation sites is 1. The molecule has 0 bridgehead atoms. The first-order valence-corrected chi connectivity index (χ1v) is 9.04. The van der Waals surface area contributed by atoms with Crippen molar-refractivity contribution in [1.29, 1.82) is 0 Å². The van der Waals surface area contributed by atoms with Crippen molar-refractivity contribution in [2.75, 3.05) is 24.5 Å². The number of fused-ring (bicyclic) bond motifs is 3. The molecule has 0 saturated carbocycles. The molecule has 3 aliphatic heterocycles. The summed E-state index contributed by atoms with van der Waals surface area (Å²) in [5.74, 6) is -0.166. The Bertz CT molecular complexity index is 741. The molecular formula is C19H23N3O3. The normalized spacial score (nSPS) is 25.9. The number of anilines is 1. The van der Waals surface area contributed by atoms with Crippen LogP contribution in [0.5, 0.6) is 0 Å². The largest absolute Gasteiger partial charge is 0.341 e. The molecule has 1 atom stereocenters. The Morgan fingerprint density at radius 3 is 2.60 bits per heavy atom. The lowest BCUT2D eigenvalue weighted by atomic mass is 9.98. The number of hydrogen-bond donors (Lipinski definition) is 0. The monoisotopic (exact) mass is 341 g/mol. The van der Waals surface area contributed by atoms with Gasteiger partial charge in [0.15, 0.2) is 0 Å². The van der Waals surface area contributed by atoms with Crippen molar-refractivity contribution in [3.8, 4) is 0 Å². The van der Waals surface area contributed by atoms with E-state index >= 15 is 0 Å². The van der Waals surface area contributed by atoms with Gasteiger partial charge in [-0.2, -0.15) is 0 Å². The Morgan fingerprint density at radius 1 is 1.12 bits per heavy atom. The predicted molar refractivity (Wildman–Crippen MR) is 93.0 cm³/mol. The smallest absolute Gasteiger partial charge is 0.258 e. The summed E-state index contributed by atoms with van der Waals surface area (Å²) < 4.78 is 0. The summed E-state index contributed by atoms with van der Waals surface area (Å²) in [7, 11) is 0. The highest BCUT2D eigenvalue weighted by Crippen LogP contribution is 2.43. The molecule has 25 heavy (non-hydrogen) atoms. The van der Waals surface area contributed by atoms with Crippen LogP contribution in [0.15, 0.2) is 24.3 Å². The van der Waals surface area contributed by atoms with Gasteiger partial charge in [0.05, 0.1) is 11.3 Å². The molecule has 2 fully saturated rings. The summed E-state index contributed by atoms with van der Waals surface area (Å²) in [6.07, 6.45) is 4.14. The first-order chi connectivity index (χ1) is 12.0. The number of likely N-dealkylation sites (tertiary alicyclic amines) is 1. The molecule has 1 aromatic rings. The highest BCUT2D eigenvalue weighted by Gasteiger charge is 2.53. The third-order valence-electron chi connectivity index (χ3n) is 5.75. The second kappa shape index (κ2) is 5.86. The van der Waals surface area contributed by atoms with Gasteiger partial charge in [0.2, 0.25) is 11.8 Å². The van der Waals surface area contributed by atoms with Gasteiger partial charge in [0.1, 0.15) is 12.2 Å². The van der Waals surface area contributed by atoms with E-state index in [9.17, 15) is 14.4 Å². The number of nitrogens with zero attached hydrogens (tertiary/aromatic N) is 3. The van der Waals surface area contributed by atoms with Crippen LogP contribution in [0.1, 0.15) is 49.4 Å². The highest BCUT2D eigenvalue weighted by molar-refractivity contribution is 6.11. The van der Waals surface area contributed by atoms with Crippen molar-refractivity contribution < 1.29 is 14.4 Å². The fraction of sp³-hybridized carbons (Fsp3) is 0.526. The third kappa shape index (κ3) is 2.42. The average Bonchev–Trinajstić information content (AvgIpc) is 2.95. The summed E-state index contributed by atoms with van der Waals surface area (Å²) >= 11 is 0. The number of carbonyl (C=O) groups excluding carboxylic acids is 3. The lowest BCUT2D eigenvalue weighted by Crippen LogP contribution is -2.64. The lowest BCUT2D eigenvalue weighted by Gasteiger charge is -2.48. The van der Waals surface area contributed by atoms with Gasteiger partial charge in [-0.25, -0.2) is 0 Å². The SMILES string of the molecule is C[C@@]12CCC(=O)N1c1ccccc1C(=O)N2CC(=O)N1CCCCC1. The van der Waals surface area contributed by atoms with E-state index in [-0.39, 0.29) is 24.3 Å². The van der Waals surface area contributed by atoms with Crippen LogP contribution in [0, 0.1) is 0 Å². The summed E-state index contributed by atoms with van der Waals surface area (Å²) in [6, 6.07) is 7.19. The number of amides is 3. The Balaban J connectivity index is 1.68. The predicted octanol–water partition coefficient (Wildman–Crippen LogP) is 2.00. The first kappa shape index (κ1) is 16.1. The number of carbonyl (C=O) groups is 3. The summed E-state index contributed by atoms with van der Waals surface area (Å²) in [5, 5.41) is 0. The van der Waals surface area contributed by atoms with Crippen LogP contribution < -0.4 is 4.90 Å². The first-order valence-electron chi connectivity index (χ1n) is 9.04. The molecule has 0 aliphatic carbocycles. The molecular weight excluding hydrogens is 318 g/mol. The van der Waals surface area contributed by atoms with Crippen LogP contribution in [0.3, 0.4) is 0 Å². The minimum atomic E-state index is -0.756. The number of rotatable bonds is 2. The maximum absolute atomic E-state index is 13.1. The van der Waals surface area contributed by atoms with Crippen LogP contribution in [0.2, 0.25) is 0 Å². The molecule has 3 heterocycles. The number of piperidine rings is 1. The van der Waals surface area contributed by atoms with E-state index < -0.39 is 5.66 Å². The zero-order valence-corrected chi connectivity index (χ0v) is 14.5. The topological polar surface area (TPSA) is 60.9 Å². The fourth-order valence-electron chi connectivity index (χ4n) is 4.32. The lowest BCUT2D eigenvalue weighted by molar-refractivity contribution is -0.134. The molecule has 0 N–H and O–H groups in total. The maximum atomic E-state index is 13.1. The molecule has 132 valence electrons. The van der Waals surface area contributed by atoms with Gasteiger partial charge in [-0.05, 0) is 44.7 Å². The molecule has 6 nitrogen and oxygen atoms in total. The van der Waals surface area contributed by atoms with Crippen molar-refractivity contribution in [2.24, 2.45) is 0 Å². The second-order valence-corrected chi connectivity index (χ2v) is 7.30. The quantitative estimate of drug-likeness (QED) is 0.827. The molecule has 2 saturated heterocycles. The molecule has 3 aliphatic rings. The van der Waals surface area contributed by atoms with Gasteiger partial charge in [0, 0.05) is 19.5 Å². The van der Waals surface area contributed by atoms with Gasteiger partial charge in [-0.1, -0.05) is 12.1 Å². The molecule has 6 heteroatoms. The summed E-state index contributed by atoms with van der Waals surface area (Å²) in [6.45, 7) is 3.45. The Kier molecular flexibility index (Phi) is 3.78. The number of hydrogen-bond acceptors (Lipinski definition) is 3. The van der Waals surface area contributed by atoms with Crippen molar-refractivity contribution in [3.05, 3.63) is 29.8 Å². The van der Waals surface area contributed by atoms with E-state index in [1.54, 1.807) is 21.9 Å². The molecule has 1 aromatic carbocycles. The van der Waals surface area contributed by atoms with Crippen molar-refractivity contribution in [3.63, 3.8) is 0 Å². The van der Waals surface area contributed by atoms with Gasteiger partial charge < -0.3 is 9.80 Å². The zero-order valence-electron chi connectivity index (χ0n) is 14.5. The van der Waals surface area contributed by atoms with Gasteiger partial charge in [-0.15, -0.1) is 0 Å². The molecule has 0 unspecified atom stereocenters. The third-order valence-corrected chi connectivity index (χ3v) is 5.75. The van der Waals surface area contributed by atoms with Gasteiger partial charge in [0.25, 0.3) is 5.91 Å². The fourth-order valence-corrected chi connectivity index (χ4v) is 4.32. The standard InChI is InChI=1S/C19H23N3O3/c1-19-10-9-16(23)22(19)15-8-4-3-7-14(15)18(25)21(19)13-17(24)20-11-5-2-6-12-20/h3-4,7-8H,2,5-6,9-13H2,1H3/t19-/m0/s1. The van der Waals surface area contributed by atoms with E-state index in [1.165, 1.54) is 0 Å². The minimum absolute atomic E-state index is 0.0119. The second-order valence-electron chi connectivity index (χ2n) is 7.30. The summed E-state index contributed by atoms with van der Waals surface area (Å²) in [5.41, 5.74) is 0.411. The van der Waals surface area contributed by atoms with Crippen LogP contribution in [0.4, 0.5) is 5.69 Å². The zero-order chi connectivity index (χ0) is 17.6. The Labute approximate surface area is 147 Å². The molecule has 0 aromatic heterocycles. The van der Waals surface area contributed by atoms with E-state index in [0.717, 1.165) is 32.4 Å². The molecule has 0 spiro atoms. The van der Waals surface area contributed by atoms with Gasteiger partial charge >= 0.3 is 0 Å². The molecule has 3 amide bonds. The van der Waals surface area contributed by atoms with Crippen LogP contribution in [-0.2, 0) is 9.59 Å². The van der Waals surface area contributed by atoms with Gasteiger partial charge in [-0.3, -0.25) is 19.3 Å². The molecule has 4 rings (SSSR count). The molecule has 0 radical (unpaired) electrons. The average molecular weight is 341 g/mol. The van der Waals surface area contributed by atoms with E-state index in [4.69, 9.17) is 0 Å². The van der Waals surface area contributed by atoms with Crippen LogP contribution in [0.25, 0.3) is 0 Å². The minimum Gasteiger partial charge on any atom is -0.341 e. The number of benzene rings is 1. The van der Waals surface area contributed by atoms with Crippen LogP contribution >= 0.6 is 0 Å². The van der Waals surface area contributed by atoms with Crippen molar-refractivity contribution in [1.82, 2.24) is 9.80 Å². The Hall–Kier alpha value is -2.37. The Morgan fingerprint density at radius 2 is 1.84 bits per heavy atom. The summed E-state index contributed by atoms with van der Waals surface area (Å²) in [4.78, 5) is 43.6. The van der Waals surface area contributed by atoms with E-state index in [0.29, 0.717) is 24.1 Å². The van der Waals surface area contributed by atoms with Crippen molar-refractivity contribution >= 4 is 23.4 Å². The van der Waals surface area contributed by atoms with E-state index in [1.807, 2.05) is 24.0 Å². The van der Waals surface area contributed by atoms with Crippen molar-refractivity contribution in [2.45, 2.75) is 44.7 Å². The van der Waals surface area contributed by atoms with E-state index in [2.05, 4.69) is 0 Å². The highest BCUT2D eigenvalue weighted by atomic mass is 16.2. The maximum Gasteiger partial charge on any atom is 0.258 e. The van der Waals surface area contributed by atoms with Crippen LogP contribution in [-0.4, -0.2) is 52.8 Å².